The first kappa shape index (κ1) is 20.0. The zero-order valence-electron chi connectivity index (χ0n) is 16.6. The van der Waals surface area contributed by atoms with Gasteiger partial charge in [0.1, 0.15) is 12.4 Å². The van der Waals surface area contributed by atoms with Crippen LogP contribution in [0.5, 0.6) is 17.2 Å². The third-order valence-corrected chi connectivity index (χ3v) is 4.76. The van der Waals surface area contributed by atoms with E-state index < -0.39 is 0 Å². The number of methoxy groups -OCH3 is 2. The Bertz CT molecular complexity index is 801. The van der Waals surface area contributed by atoms with Crippen molar-refractivity contribution < 1.29 is 23.7 Å². The van der Waals surface area contributed by atoms with Gasteiger partial charge >= 0.3 is 0 Å². The minimum atomic E-state index is -0.0719. The number of carbonyl (C=O) groups excluding carboxylic acids is 1. The number of amides is 1. The van der Waals surface area contributed by atoms with E-state index in [-0.39, 0.29) is 12.0 Å². The molecule has 1 saturated heterocycles. The van der Waals surface area contributed by atoms with Gasteiger partial charge in [0, 0.05) is 25.8 Å². The van der Waals surface area contributed by atoms with E-state index in [1.54, 1.807) is 38.3 Å². The molecule has 0 radical (unpaired) electrons. The number of benzene rings is 2. The summed E-state index contributed by atoms with van der Waals surface area (Å²) >= 11 is 0. The highest BCUT2D eigenvalue weighted by atomic mass is 16.5. The molecule has 2 aromatic carbocycles. The van der Waals surface area contributed by atoms with E-state index in [1.807, 2.05) is 30.3 Å². The average Bonchev–Trinajstić information content (AvgIpc) is 3.25. The van der Waals surface area contributed by atoms with Crippen LogP contribution in [-0.4, -0.2) is 51.4 Å². The van der Waals surface area contributed by atoms with Gasteiger partial charge in [-0.25, -0.2) is 0 Å². The highest BCUT2D eigenvalue weighted by molar-refractivity contribution is 5.94. The standard InChI is InChI=1S/C22H27NO5/c1-23(14-16-9-10-20(25-2)21(12-16)26-3)22(24)17-6-4-7-18(13-17)28-15-19-8-5-11-27-19/h4,6-7,9-10,12-13,19H,5,8,11,14-15H2,1-3H3. The quantitative estimate of drug-likeness (QED) is 0.696. The second-order valence-electron chi connectivity index (χ2n) is 6.82. The first-order valence-electron chi connectivity index (χ1n) is 9.41. The number of rotatable bonds is 8. The maximum atomic E-state index is 12.8. The lowest BCUT2D eigenvalue weighted by molar-refractivity contribution is 0.0678. The Labute approximate surface area is 166 Å². The summed E-state index contributed by atoms with van der Waals surface area (Å²) in [6.45, 7) is 1.77. The molecule has 0 aromatic heterocycles. The third-order valence-electron chi connectivity index (χ3n) is 4.76. The number of ether oxygens (including phenoxy) is 4. The van der Waals surface area contributed by atoms with Gasteiger partial charge in [-0.3, -0.25) is 4.79 Å². The van der Waals surface area contributed by atoms with Crippen molar-refractivity contribution in [3.05, 3.63) is 53.6 Å². The fourth-order valence-electron chi connectivity index (χ4n) is 3.23. The zero-order chi connectivity index (χ0) is 19.9. The van der Waals surface area contributed by atoms with Gasteiger partial charge < -0.3 is 23.8 Å². The predicted molar refractivity (Wildman–Crippen MR) is 106 cm³/mol. The summed E-state index contributed by atoms with van der Waals surface area (Å²) in [6, 6.07) is 12.9. The molecule has 1 heterocycles. The second-order valence-corrected chi connectivity index (χ2v) is 6.82. The Morgan fingerprint density at radius 3 is 2.68 bits per heavy atom. The van der Waals surface area contributed by atoms with Crippen molar-refractivity contribution in [1.82, 2.24) is 4.90 Å². The van der Waals surface area contributed by atoms with Crippen LogP contribution < -0.4 is 14.2 Å². The summed E-state index contributed by atoms with van der Waals surface area (Å²) in [5.41, 5.74) is 1.55. The SMILES string of the molecule is COc1ccc(CN(C)C(=O)c2cccc(OCC3CCCO3)c2)cc1OC. The monoisotopic (exact) mass is 385 g/mol. The lowest BCUT2D eigenvalue weighted by atomic mass is 10.1. The maximum absolute atomic E-state index is 12.8. The van der Waals surface area contributed by atoms with Gasteiger partial charge in [-0.15, -0.1) is 0 Å². The molecule has 150 valence electrons. The topological polar surface area (TPSA) is 57.2 Å². The van der Waals surface area contributed by atoms with Gasteiger partial charge in [0.05, 0.1) is 20.3 Å². The molecule has 0 spiro atoms. The summed E-state index contributed by atoms with van der Waals surface area (Å²) in [6.07, 6.45) is 2.24. The highest BCUT2D eigenvalue weighted by Gasteiger charge is 2.17. The summed E-state index contributed by atoms with van der Waals surface area (Å²) in [5.74, 6) is 1.92. The molecule has 3 rings (SSSR count). The lowest BCUT2D eigenvalue weighted by Crippen LogP contribution is -2.26. The summed E-state index contributed by atoms with van der Waals surface area (Å²) in [7, 11) is 4.97. The molecule has 0 saturated carbocycles. The smallest absolute Gasteiger partial charge is 0.254 e. The van der Waals surface area contributed by atoms with Crippen LogP contribution in [0.15, 0.2) is 42.5 Å². The van der Waals surface area contributed by atoms with Crippen LogP contribution in [0, 0.1) is 0 Å². The van der Waals surface area contributed by atoms with E-state index in [2.05, 4.69) is 0 Å². The Kier molecular flexibility index (Phi) is 6.76. The zero-order valence-corrected chi connectivity index (χ0v) is 16.6. The van der Waals surface area contributed by atoms with Gasteiger partial charge in [0.15, 0.2) is 11.5 Å². The Morgan fingerprint density at radius 1 is 1.14 bits per heavy atom. The fraction of sp³-hybridized carbons (Fsp3) is 0.409. The van der Waals surface area contributed by atoms with Crippen LogP contribution in [0.4, 0.5) is 0 Å². The van der Waals surface area contributed by atoms with Crippen LogP contribution in [-0.2, 0) is 11.3 Å². The minimum Gasteiger partial charge on any atom is -0.493 e. The molecule has 0 N–H and O–H groups in total. The molecule has 1 unspecified atom stereocenters. The molecular formula is C22H27NO5. The Hall–Kier alpha value is -2.73. The minimum absolute atomic E-state index is 0.0719. The Morgan fingerprint density at radius 2 is 1.96 bits per heavy atom. The summed E-state index contributed by atoms with van der Waals surface area (Å²) in [5, 5.41) is 0. The molecule has 1 atom stereocenters. The highest BCUT2D eigenvalue weighted by Crippen LogP contribution is 2.28. The van der Waals surface area contributed by atoms with E-state index in [0.717, 1.165) is 25.0 Å². The van der Waals surface area contributed by atoms with Crippen LogP contribution in [0.3, 0.4) is 0 Å². The van der Waals surface area contributed by atoms with Gasteiger partial charge in [0.2, 0.25) is 0 Å². The van der Waals surface area contributed by atoms with Gasteiger partial charge in [0.25, 0.3) is 5.91 Å². The van der Waals surface area contributed by atoms with Gasteiger partial charge in [-0.1, -0.05) is 12.1 Å². The number of carbonyl (C=O) groups is 1. The van der Waals surface area contributed by atoms with Crippen molar-refractivity contribution in [1.29, 1.82) is 0 Å². The fourth-order valence-corrected chi connectivity index (χ4v) is 3.23. The van der Waals surface area contributed by atoms with Crippen molar-refractivity contribution >= 4 is 5.91 Å². The normalized spacial score (nSPS) is 15.9. The van der Waals surface area contributed by atoms with E-state index in [4.69, 9.17) is 18.9 Å². The Balaban J connectivity index is 1.63. The molecule has 1 amide bonds. The molecule has 6 heteroatoms. The molecule has 1 aliphatic rings. The number of nitrogens with zero attached hydrogens (tertiary/aromatic N) is 1. The molecule has 0 aliphatic carbocycles. The van der Waals surface area contributed by atoms with E-state index >= 15 is 0 Å². The first-order chi connectivity index (χ1) is 13.6. The molecule has 0 bridgehead atoms. The molecule has 2 aromatic rings. The van der Waals surface area contributed by atoms with E-state index in [9.17, 15) is 4.79 Å². The maximum Gasteiger partial charge on any atom is 0.254 e. The molecular weight excluding hydrogens is 358 g/mol. The summed E-state index contributed by atoms with van der Waals surface area (Å²) < 4.78 is 22.0. The molecule has 6 nitrogen and oxygen atoms in total. The number of hydrogen-bond acceptors (Lipinski definition) is 5. The van der Waals surface area contributed by atoms with Crippen LogP contribution in [0.1, 0.15) is 28.8 Å². The second kappa shape index (κ2) is 9.46. The van der Waals surface area contributed by atoms with Crippen LogP contribution in [0.25, 0.3) is 0 Å². The van der Waals surface area contributed by atoms with Gasteiger partial charge in [-0.2, -0.15) is 0 Å². The largest absolute Gasteiger partial charge is 0.493 e. The van der Waals surface area contributed by atoms with Gasteiger partial charge in [-0.05, 0) is 48.7 Å². The average molecular weight is 385 g/mol. The van der Waals surface area contributed by atoms with E-state index in [1.165, 1.54) is 0 Å². The van der Waals surface area contributed by atoms with Crippen molar-refractivity contribution in [2.24, 2.45) is 0 Å². The van der Waals surface area contributed by atoms with Crippen molar-refractivity contribution in [3.8, 4) is 17.2 Å². The van der Waals surface area contributed by atoms with E-state index in [0.29, 0.717) is 36.0 Å². The molecule has 28 heavy (non-hydrogen) atoms. The van der Waals surface area contributed by atoms with Crippen molar-refractivity contribution in [2.45, 2.75) is 25.5 Å². The lowest BCUT2D eigenvalue weighted by Gasteiger charge is -2.19. The first-order valence-corrected chi connectivity index (χ1v) is 9.41. The number of hydrogen-bond donors (Lipinski definition) is 0. The van der Waals surface area contributed by atoms with Crippen LogP contribution >= 0.6 is 0 Å². The molecule has 1 fully saturated rings. The summed E-state index contributed by atoms with van der Waals surface area (Å²) in [4.78, 5) is 14.5. The van der Waals surface area contributed by atoms with Crippen molar-refractivity contribution in [2.75, 3.05) is 34.5 Å². The predicted octanol–water partition coefficient (Wildman–Crippen LogP) is 3.53. The molecule has 1 aliphatic heterocycles. The third kappa shape index (κ3) is 4.95. The van der Waals surface area contributed by atoms with Crippen LogP contribution in [0.2, 0.25) is 0 Å². The van der Waals surface area contributed by atoms with Crippen molar-refractivity contribution in [3.63, 3.8) is 0 Å².